The molecule has 0 saturated heterocycles. The highest BCUT2D eigenvalue weighted by Crippen LogP contribution is 2.35. The number of halogens is 4. The molecule has 0 atom stereocenters. The summed E-state index contributed by atoms with van der Waals surface area (Å²) in [5.74, 6) is -1.10. The van der Waals surface area contributed by atoms with Crippen molar-refractivity contribution >= 4 is 17.8 Å². The number of hydrogen-bond acceptors (Lipinski definition) is 3. The Balaban J connectivity index is 2.88. The van der Waals surface area contributed by atoms with Gasteiger partial charge in [-0.1, -0.05) is 0 Å². The van der Waals surface area contributed by atoms with Crippen molar-refractivity contribution in [3.8, 4) is 0 Å². The van der Waals surface area contributed by atoms with Crippen molar-refractivity contribution in [2.75, 3.05) is 19.5 Å². The Hall–Kier alpha value is -2.52. The van der Waals surface area contributed by atoms with Crippen LogP contribution in [-0.4, -0.2) is 31.3 Å². The van der Waals surface area contributed by atoms with Crippen molar-refractivity contribution in [1.82, 2.24) is 10.4 Å². The third-order valence-electron chi connectivity index (χ3n) is 2.25. The van der Waals surface area contributed by atoms with Crippen LogP contribution in [-0.2, 0) is 10.9 Å². The van der Waals surface area contributed by atoms with E-state index in [1.807, 2.05) is 10.7 Å². The number of methoxy groups -OCH3 is 1. The van der Waals surface area contributed by atoms with Gasteiger partial charge in [-0.15, -0.1) is 0 Å². The molecular formula is C11H11F4N3O3. The predicted molar refractivity (Wildman–Crippen MR) is 63.7 cm³/mol. The molecular weight excluding hydrogens is 298 g/mol. The van der Waals surface area contributed by atoms with E-state index in [9.17, 15) is 27.2 Å². The van der Waals surface area contributed by atoms with Gasteiger partial charge in [0.2, 0.25) is 0 Å². The third kappa shape index (κ3) is 4.51. The summed E-state index contributed by atoms with van der Waals surface area (Å²) in [7, 11) is 2.18. The van der Waals surface area contributed by atoms with Gasteiger partial charge < -0.3 is 10.1 Å². The van der Waals surface area contributed by atoms with E-state index in [0.29, 0.717) is 5.01 Å². The van der Waals surface area contributed by atoms with E-state index in [1.165, 1.54) is 0 Å². The minimum atomic E-state index is -4.85. The van der Waals surface area contributed by atoms with Crippen molar-refractivity contribution in [3.63, 3.8) is 0 Å². The fourth-order valence-electron chi connectivity index (χ4n) is 1.35. The molecule has 0 bridgehead atoms. The average molecular weight is 309 g/mol. The van der Waals surface area contributed by atoms with Crippen LogP contribution in [0.15, 0.2) is 18.2 Å². The molecule has 6 nitrogen and oxygen atoms in total. The second-order valence-corrected chi connectivity index (χ2v) is 3.78. The lowest BCUT2D eigenvalue weighted by Crippen LogP contribution is -2.45. The summed E-state index contributed by atoms with van der Waals surface area (Å²) in [6.07, 6.45) is -5.78. The zero-order chi connectivity index (χ0) is 16.2. The first-order valence-corrected chi connectivity index (χ1v) is 5.41. The highest BCUT2D eigenvalue weighted by atomic mass is 19.4. The first-order chi connectivity index (χ1) is 9.65. The zero-order valence-corrected chi connectivity index (χ0v) is 10.9. The highest BCUT2D eigenvalue weighted by Gasteiger charge is 2.34. The molecule has 0 aliphatic heterocycles. The number of ether oxygens (including phenoxy) is 1. The summed E-state index contributed by atoms with van der Waals surface area (Å²) in [6.45, 7) is 0. The van der Waals surface area contributed by atoms with E-state index in [1.54, 1.807) is 0 Å². The molecule has 0 aliphatic rings. The fraction of sp³-hybridized carbons (Fsp3) is 0.273. The molecule has 116 valence electrons. The largest absolute Gasteiger partial charge is 0.452 e. The second-order valence-electron chi connectivity index (χ2n) is 3.78. The lowest BCUT2D eigenvalue weighted by atomic mass is 10.1. The molecule has 10 heteroatoms. The minimum absolute atomic E-state index is 0.250. The number of hydrazine groups is 1. The maximum Gasteiger partial charge on any atom is 0.428 e. The monoisotopic (exact) mass is 309 g/mol. The summed E-state index contributed by atoms with van der Waals surface area (Å²) < 4.78 is 55.3. The fourth-order valence-corrected chi connectivity index (χ4v) is 1.35. The first kappa shape index (κ1) is 16.5. The van der Waals surface area contributed by atoms with Gasteiger partial charge in [0.1, 0.15) is 5.82 Å². The molecule has 0 spiro atoms. The van der Waals surface area contributed by atoms with Gasteiger partial charge in [0, 0.05) is 7.05 Å². The Morgan fingerprint density at radius 2 is 1.90 bits per heavy atom. The number of rotatable bonds is 1. The molecule has 0 unspecified atom stereocenters. The van der Waals surface area contributed by atoms with Crippen LogP contribution in [0.3, 0.4) is 0 Å². The zero-order valence-electron chi connectivity index (χ0n) is 10.9. The summed E-state index contributed by atoms with van der Waals surface area (Å²) in [5, 5.41) is 2.49. The van der Waals surface area contributed by atoms with E-state index >= 15 is 0 Å². The van der Waals surface area contributed by atoms with Crippen LogP contribution in [0.2, 0.25) is 0 Å². The van der Waals surface area contributed by atoms with E-state index in [-0.39, 0.29) is 6.07 Å². The van der Waals surface area contributed by atoms with Gasteiger partial charge in [-0.2, -0.15) is 13.2 Å². The number of benzene rings is 1. The Labute approximate surface area is 116 Å². The third-order valence-corrected chi connectivity index (χ3v) is 2.25. The number of nitrogens with zero attached hydrogens (tertiary/aromatic N) is 1. The van der Waals surface area contributed by atoms with Gasteiger partial charge in [-0.25, -0.2) is 24.4 Å². The quantitative estimate of drug-likeness (QED) is 0.619. The van der Waals surface area contributed by atoms with Gasteiger partial charge in [0.25, 0.3) is 0 Å². The van der Waals surface area contributed by atoms with Crippen LogP contribution in [0, 0.1) is 5.82 Å². The molecule has 0 radical (unpaired) electrons. The van der Waals surface area contributed by atoms with Gasteiger partial charge >= 0.3 is 18.3 Å². The van der Waals surface area contributed by atoms with Crippen molar-refractivity contribution in [1.29, 1.82) is 0 Å². The van der Waals surface area contributed by atoms with E-state index in [4.69, 9.17) is 0 Å². The van der Waals surface area contributed by atoms with Crippen LogP contribution in [0.25, 0.3) is 0 Å². The predicted octanol–water partition coefficient (Wildman–Crippen LogP) is 2.58. The maximum absolute atomic E-state index is 12.9. The van der Waals surface area contributed by atoms with Crippen molar-refractivity contribution in [2.24, 2.45) is 0 Å². The van der Waals surface area contributed by atoms with Gasteiger partial charge in [0.15, 0.2) is 0 Å². The molecule has 1 aromatic rings. The summed E-state index contributed by atoms with van der Waals surface area (Å²) >= 11 is 0. The highest BCUT2D eigenvalue weighted by molar-refractivity contribution is 5.91. The standard InChI is InChI=1S/C11H11F4N3O3/c1-18(10(20)21-2)17-9(19)16-8-4-3-6(12)5-7(8)11(13,14)15/h3-5H,1-2H3,(H2,16,17,19). The number of urea groups is 1. The number of alkyl halides is 3. The van der Waals surface area contributed by atoms with Gasteiger partial charge in [-0.05, 0) is 18.2 Å². The van der Waals surface area contributed by atoms with Crippen LogP contribution in [0.4, 0.5) is 32.8 Å². The Kier molecular flexibility index (Phi) is 4.95. The van der Waals surface area contributed by atoms with E-state index in [2.05, 4.69) is 4.74 Å². The van der Waals surface area contributed by atoms with E-state index < -0.39 is 35.4 Å². The number of hydrogen-bond donors (Lipinski definition) is 2. The lowest BCUT2D eigenvalue weighted by Gasteiger charge is -2.18. The van der Waals surface area contributed by atoms with Crippen molar-refractivity contribution in [3.05, 3.63) is 29.6 Å². The molecule has 2 N–H and O–H groups in total. The number of carbonyl (C=O) groups is 2. The first-order valence-electron chi connectivity index (χ1n) is 5.41. The Morgan fingerprint density at radius 3 is 2.43 bits per heavy atom. The molecule has 1 rings (SSSR count). The summed E-state index contributed by atoms with van der Waals surface area (Å²) in [4.78, 5) is 22.5. The maximum atomic E-state index is 12.9. The van der Waals surface area contributed by atoms with Crippen LogP contribution in [0.1, 0.15) is 5.56 Å². The minimum Gasteiger partial charge on any atom is -0.452 e. The van der Waals surface area contributed by atoms with Crippen LogP contribution >= 0.6 is 0 Å². The van der Waals surface area contributed by atoms with E-state index in [0.717, 1.165) is 26.3 Å². The molecule has 0 saturated carbocycles. The molecule has 1 aromatic carbocycles. The number of carbonyl (C=O) groups excluding carboxylic acids is 2. The smallest absolute Gasteiger partial charge is 0.428 e. The number of nitrogens with one attached hydrogen (secondary N) is 2. The van der Waals surface area contributed by atoms with Gasteiger partial charge in [-0.3, -0.25) is 0 Å². The van der Waals surface area contributed by atoms with Crippen molar-refractivity contribution in [2.45, 2.75) is 6.18 Å². The summed E-state index contributed by atoms with van der Waals surface area (Å²) in [5.41, 5.74) is -0.0818. The van der Waals surface area contributed by atoms with Crippen LogP contribution < -0.4 is 10.7 Å². The number of amides is 3. The molecule has 3 amide bonds. The Morgan fingerprint density at radius 1 is 1.29 bits per heavy atom. The topological polar surface area (TPSA) is 70.7 Å². The number of anilines is 1. The van der Waals surface area contributed by atoms with Crippen molar-refractivity contribution < 1.29 is 31.9 Å². The second kappa shape index (κ2) is 6.29. The molecule has 0 aliphatic carbocycles. The van der Waals surface area contributed by atoms with Gasteiger partial charge in [0.05, 0.1) is 18.4 Å². The normalized spacial score (nSPS) is 10.8. The average Bonchev–Trinajstić information content (AvgIpc) is 2.38. The molecule has 21 heavy (non-hydrogen) atoms. The summed E-state index contributed by atoms with van der Waals surface area (Å²) in [6, 6.07) is 0.643. The molecule has 0 aromatic heterocycles. The SMILES string of the molecule is COC(=O)N(C)NC(=O)Nc1ccc(F)cc1C(F)(F)F. The lowest BCUT2D eigenvalue weighted by molar-refractivity contribution is -0.137. The molecule has 0 heterocycles. The molecule has 0 fully saturated rings. The Bertz CT molecular complexity index is 548. The van der Waals surface area contributed by atoms with Crippen LogP contribution in [0.5, 0.6) is 0 Å².